The molecule has 2 heterocycles. The fourth-order valence-electron chi connectivity index (χ4n) is 5.28. The summed E-state index contributed by atoms with van der Waals surface area (Å²) in [5.74, 6) is -0.0338. The lowest BCUT2D eigenvalue weighted by atomic mass is 9.64. The average Bonchev–Trinajstić information content (AvgIpc) is 2.71. The summed E-state index contributed by atoms with van der Waals surface area (Å²) in [6.07, 6.45) is 2.31. The van der Waals surface area contributed by atoms with Crippen molar-refractivity contribution < 1.29 is 14.4 Å². The van der Waals surface area contributed by atoms with Crippen LogP contribution < -0.4 is 10.6 Å². The highest BCUT2D eigenvalue weighted by Gasteiger charge is 2.56. The van der Waals surface area contributed by atoms with Gasteiger partial charge in [0.25, 0.3) is 5.91 Å². The molecule has 1 aliphatic carbocycles. The maximum absolute atomic E-state index is 13.1. The van der Waals surface area contributed by atoms with Crippen LogP contribution >= 0.6 is 0 Å². The lowest BCUT2D eigenvalue weighted by Gasteiger charge is -2.44. The number of nitrogens with one attached hydrogen (secondary N) is 2. The fraction of sp³-hybridized carbons (Fsp3) is 0.842. The molecule has 0 aromatic rings. The van der Waals surface area contributed by atoms with Crippen LogP contribution in [0.3, 0.4) is 0 Å². The van der Waals surface area contributed by atoms with Crippen molar-refractivity contribution in [2.24, 2.45) is 11.3 Å². The van der Waals surface area contributed by atoms with Crippen molar-refractivity contribution in [2.75, 3.05) is 19.6 Å². The molecule has 2 aliphatic heterocycles. The van der Waals surface area contributed by atoms with Gasteiger partial charge in [0.15, 0.2) is 0 Å². The van der Waals surface area contributed by atoms with Gasteiger partial charge in [0.1, 0.15) is 12.1 Å². The molecule has 4 unspecified atom stereocenters. The van der Waals surface area contributed by atoms with E-state index in [2.05, 4.69) is 31.4 Å². The molecule has 7 nitrogen and oxygen atoms in total. The second kappa shape index (κ2) is 6.51. The van der Waals surface area contributed by atoms with Gasteiger partial charge in [0, 0.05) is 25.2 Å². The molecule has 3 fully saturated rings. The van der Waals surface area contributed by atoms with Crippen LogP contribution in [-0.2, 0) is 9.59 Å². The summed E-state index contributed by atoms with van der Waals surface area (Å²) in [4.78, 5) is 41.4. The summed E-state index contributed by atoms with van der Waals surface area (Å²) >= 11 is 0. The van der Waals surface area contributed by atoms with Crippen molar-refractivity contribution in [3.05, 3.63) is 0 Å². The predicted octanol–water partition coefficient (Wildman–Crippen LogP) is 1.33. The normalized spacial score (nSPS) is 37.2. The van der Waals surface area contributed by atoms with E-state index in [1.54, 1.807) is 4.90 Å². The second-order valence-corrected chi connectivity index (χ2v) is 9.33. The van der Waals surface area contributed by atoms with Crippen molar-refractivity contribution in [1.29, 1.82) is 0 Å². The number of carbonyl (C=O) groups is 3. The lowest BCUT2D eigenvalue weighted by molar-refractivity contribution is -0.142. The van der Waals surface area contributed by atoms with Gasteiger partial charge in [-0.3, -0.25) is 14.5 Å². The van der Waals surface area contributed by atoms with Crippen LogP contribution in [0.2, 0.25) is 0 Å². The van der Waals surface area contributed by atoms with E-state index < -0.39 is 11.6 Å². The van der Waals surface area contributed by atoms with Crippen LogP contribution in [0.1, 0.15) is 53.9 Å². The Kier molecular flexibility index (Phi) is 4.80. The van der Waals surface area contributed by atoms with Crippen LogP contribution in [0.15, 0.2) is 0 Å². The molecule has 0 aromatic heterocycles. The van der Waals surface area contributed by atoms with Gasteiger partial charge < -0.3 is 15.5 Å². The Hall–Kier alpha value is -1.63. The maximum Gasteiger partial charge on any atom is 0.325 e. The highest BCUT2D eigenvalue weighted by Crippen LogP contribution is 2.46. The molecule has 3 rings (SSSR count). The number of urea groups is 1. The zero-order valence-corrected chi connectivity index (χ0v) is 16.6. The molecule has 7 heteroatoms. The molecule has 2 N–H and O–H groups in total. The predicted molar refractivity (Wildman–Crippen MR) is 98.4 cm³/mol. The minimum Gasteiger partial charge on any atom is -0.336 e. The molecular formula is C19H32N4O3. The van der Waals surface area contributed by atoms with E-state index in [1.807, 2.05) is 13.8 Å². The van der Waals surface area contributed by atoms with Gasteiger partial charge in [-0.05, 0) is 44.4 Å². The van der Waals surface area contributed by atoms with Crippen LogP contribution in [0.4, 0.5) is 4.79 Å². The van der Waals surface area contributed by atoms with Crippen molar-refractivity contribution in [3.8, 4) is 0 Å². The van der Waals surface area contributed by atoms with Crippen molar-refractivity contribution in [1.82, 2.24) is 20.4 Å². The van der Waals surface area contributed by atoms with Crippen molar-refractivity contribution in [3.63, 3.8) is 0 Å². The summed E-state index contributed by atoms with van der Waals surface area (Å²) < 4.78 is 0. The number of amides is 4. The number of carbonyl (C=O) groups excluding carboxylic acids is 3. The molecule has 4 amide bonds. The highest BCUT2D eigenvalue weighted by atomic mass is 16.2. The number of nitrogens with zero attached hydrogens (tertiary/aromatic N) is 2. The summed E-state index contributed by atoms with van der Waals surface area (Å²) in [5.41, 5.74) is -0.857. The van der Waals surface area contributed by atoms with E-state index in [1.165, 1.54) is 0 Å². The Morgan fingerprint density at radius 1 is 1.19 bits per heavy atom. The largest absolute Gasteiger partial charge is 0.336 e. The van der Waals surface area contributed by atoms with Gasteiger partial charge in [-0.25, -0.2) is 4.79 Å². The SMILES string of the molecule is CC1CC(C)(C)CC2(C1)NC(=O)N(CC(=O)N1CCNC(C)C1C)C2=O. The Bertz CT molecular complexity index is 620. The molecule has 4 atom stereocenters. The molecule has 1 spiro atoms. The Labute approximate surface area is 155 Å². The molecule has 26 heavy (non-hydrogen) atoms. The van der Waals surface area contributed by atoms with E-state index >= 15 is 0 Å². The third kappa shape index (κ3) is 3.33. The van der Waals surface area contributed by atoms with Gasteiger partial charge in [0.2, 0.25) is 5.91 Å². The topological polar surface area (TPSA) is 81.8 Å². The second-order valence-electron chi connectivity index (χ2n) is 9.33. The summed E-state index contributed by atoms with van der Waals surface area (Å²) in [7, 11) is 0. The molecule has 0 radical (unpaired) electrons. The Balaban J connectivity index is 1.74. The number of hydrogen-bond acceptors (Lipinski definition) is 4. The Morgan fingerprint density at radius 2 is 1.88 bits per heavy atom. The van der Waals surface area contributed by atoms with E-state index in [4.69, 9.17) is 0 Å². The molecule has 0 aromatic carbocycles. The maximum atomic E-state index is 13.1. The third-order valence-corrected chi connectivity index (χ3v) is 6.27. The standard InChI is InChI=1S/C19H32N4O3/c1-12-8-18(4,5)11-19(9-12)16(25)23(17(26)21-19)10-15(24)22-7-6-20-13(2)14(22)3/h12-14,20H,6-11H2,1-5H3,(H,21,26). The first kappa shape index (κ1) is 19.1. The summed E-state index contributed by atoms with van der Waals surface area (Å²) in [6.45, 7) is 11.6. The van der Waals surface area contributed by atoms with Gasteiger partial charge in [0.05, 0.1) is 0 Å². The monoisotopic (exact) mass is 364 g/mol. The van der Waals surface area contributed by atoms with Gasteiger partial charge in [-0.15, -0.1) is 0 Å². The number of piperazine rings is 1. The number of hydrogen-bond donors (Lipinski definition) is 2. The first-order valence-corrected chi connectivity index (χ1v) is 9.72. The minimum atomic E-state index is -0.846. The molecular weight excluding hydrogens is 332 g/mol. The van der Waals surface area contributed by atoms with Crippen LogP contribution in [0.25, 0.3) is 0 Å². The highest BCUT2D eigenvalue weighted by molar-refractivity contribution is 6.09. The quantitative estimate of drug-likeness (QED) is 0.725. The van der Waals surface area contributed by atoms with Crippen molar-refractivity contribution in [2.45, 2.75) is 71.5 Å². The zero-order valence-electron chi connectivity index (χ0n) is 16.6. The minimum absolute atomic E-state index is 0.0108. The zero-order chi connectivity index (χ0) is 19.3. The fourth-order valence-corrected chi connectivity index (χ4v) is 5.28. The van der Waals surface area contributed by atoms with Gasteiger partial charge in [-0.1, -0.05) is 20.8 Å². The number of rotatable bonds is 2. The average molecular weight is 364 g/mol. The number of imide groups is 1. The van der Waals surface area contributed by atoms with Crippen LogP contribution in [-0.4, -0.2) is 64.9 Å². The first-order chi connectivity index (χ1) is 12.0. The smallest absolute Gasteiger partial charge is 0.325 e. The molecule has 1 saturated carbocycles. The van der Waals surface area contributed by atoms with Gasteiger partial charge >= 0.3 is 6.03 Å². The summed E-state index contributed by atoms with van der Waals surface area (Å²) in [5, 5.41) is 6.27. The third-order valence-electron chi connectivity index (χ3n) is 6.27. The molecule has 3 aliphatic rings. The van der Waals surface area contributed by atoms with Crippen LogP contribution in [0.5, 0.6) is 0 Å². The Morgan fingerprint density at radius 3 is 2.54 bits per heavy atom. The van der Waals surface area contributed by atoms with E-state index in [-0.39, 0.29) is 35.9 Å². The lowest BCUT2D eigenvalue weighted by Crippen LogP contribution is -2.59. The van der Waals surface area contributed by atoms with Gasteiger partial charge in [-0.2, -0.15) is 0 Å². The van der Waals surface area contributed by atoms with E-state index in [0.717, 1.165) is 17.9 Å². The van der Waals surface area contributed by atoms with E-state index in [0.29, 0.717) is 25.3 Å². The summed E-state index contributed by atoms with van der Waals surface area (Å²) in [6, 6.07) is -0.189. The molecule has 0 bridgehead atoms. The van der Waals surface area contributed by atoms with Crippen LogP contribution in [0, 0.1) is 11.3 Å². The molecule has 2 saturated heterocycles. The molecule has 146 valence electrons. The van der Waals surface area contributed by atoms with Crippen molar-refractivity contribution >= 4 is 17.8 Å². The first-order valence-electron chi connectivity index (χ1n) is 9.72. The van der Waals surface area contributed by atoms with E-state index in [9.17, 15) is 14.4 Å².